The summed E-state index contributed by atoms with van der Waals surface area (Å²) in [6.45, 7) is 7.57. The number of aliphatic hydroxyl groups excluding tert-OH is 2. The molecule has 2 fully saturated rings. The summed E-state index contributed by atoms with van der Waals surface area (Å²) in [6.07, 6.45) is 43.3. The first-order chi connectivity index (χ1) is 25.5. The Bertz CT molecular complexity index is 787. The van der Waals surface area contributed by atoms with Crippen LogP contribution < -0.4 is 0 Å². The van der Waals surface area contributed by atoms with Crippen molar-refractivity contribution in [1.29, 1.82) is 0 Å². The van der Waals surface area contributed by atoms with Crippen molar-refractivity contribution in [1.82, 2.24) is 0 Å². The van der Waals surface area contributed by atoms with E-state index in [1.807, 2.05) is 0 Å². The Morgan fingerprint density at radius 2 is 0.885 bits per heavy atom. The lowest BCUT2D eigenvalue weighted by Gasteiger charge is -2.09. The van der Waals surface area contributed by atoms with Gasteiger partial charge in [0.1, 0.15) is 12.2 Å². The van der Waals surface area contributed by atoms with Crippen LogP contribution in [0.15, 0.2) is 24.3 Å². The van der Waals surface area contributed by atoms with Gasteiger partial charge in [0.15, 0.2) is 0 Å². The van der Waals surface area contributed by atoms with Gasteiger partial charge in [0.2, 0.25) is 0 Å². The van der Waals surface area contributed by atoms with Crippen molar-refractivity contribution in [3.8, 4) is 0 Å². The highest BCUT2D eigenvalue weighted by molar-refractivity contribution is 4.95. The topological polar surface area (TPSA) is 77.4 Å². The van der Waals surface area contributed by atoms with E-state index in [-0.39, 0.29) is 0 Å². The van der Waals surface area contributed by atoms with Gasteiger partial charge in [-0.15, -0.1) is 0 Å². The smallest absolute Gasteiger partial charge is 0.101 e. The van der Waals surface area contributed by atoms with E-state index in [2.05, 4.69) is 38.2 Å². The molecule has 6 atom stereocenters. The minimum atomic E-state index is -0.491. The summed E-state index contributed by atoms with van der Waals surface area (Å²) < 4.78 is 20.6. The Hall–Kier alpha value is -0.760. The highest BCUT2D eigenvalue weighted by atomic mass is 16.5. The minimum Gasteiger partial charge on any atom is -0.388 e. The summed E-state index contributed by atoms with van der Waals surface area (Å²) >= 11 is 0. The second-order valence-electron chi connectivity index (χ2n) is 16.1. The molecule has 52 heavy (non-hydrogen) atoms. The largest absolute Gasteiger partial charge is 0.388 e. The molecule has 6 nitrogen and oxygen atoms in total. The van der Waals surface area contributed by atoms with E-state index in [4.69, 9.17) is 18.9 Å². The van der Waals surface area contributed by atoms with E-state index >= 15 is 0 Å². The van der Waals surface area contributed by atoms with E-state index in [9.17, 15) is 10.2 Å². The van der Waals surface area contributed by atoms with Crippen LogP contribution in [0.3, 0.4) is 0 Å². The Morgan fingerprint density at radius 3 is 1.37 bits per heavy atom. The van der Waals surface area contributed by atoms with Crippen LogP contribution in [0.1, 0.15) is 181 Å². The fourth-order valence-electron chi connectivity index (χ4n) is 7.38. The van der Waals surface area contributed by atoms with E-state index < -0.39 is 12.2 Å². The quantitative estimate of drug-likeness (QED) is 0.0485. The van der Waals surface area contributed by atoms with Crippen LogP contribution in [-0.2, 0) is 18.9 Å². The van der Waals surface area contributed by atoms with Gasteiger partial charge in [0.25, 0.3) is 0 Å². The molecule has 308 valence electrons. The number of hydrogen-bond donors (Lipinski definition) is 2. The maximum Gasteiger partial charge on any atom is 0.101 e. The highest BCUT2D eigenvalue weighted by Crippen LogP contribution is 2.54. The molecule has 0 heterocycles. The van der Waals surface area contributed by atoms with Crippen LogP contribution in [0.4, 0.5) is 0 Å². The first-order valence-electron chi connectivity index (χ1n) is 22.3. The van der Waals surface area contributed by atoms with Crippen molar-refractivity contribution in [3.05, 3.63) is 24.3 Å². The molecular formula is C46H88O6. The molecule has 0 aromatic rings. The molecule has 6 unspecified atom stereocenters. The van der Waals surface area contributed by atoms with Crippen molar-refractivity contribution in [3.63, 3.8) is 0 Å². The standard InChI is InChI=1S/C24H46O3.C22H42O3/c1-3-4-9-12-20-15-22(20)17-23-16-21(23)13-10-7-5-6-8-11-14-27-19-24(25)18-26-2;1-3-4-5-6-7-8-9-10-11-12-13-14-15-16-17-18-19-25-21-22(23)20-24-2/h20-25H,3-19H2,1-2H3;7-8,10-11,22-23H,3-6,9,12-21H2,1-2H3/b;8-7-,11-10-. The molecule has 6 heteroatoms. The van der Waals surface area contributed by atoms with Gasteiger partial charge < -0.3 is 29.2 Å². The van der Waals surface area contributed by atoms with Gasteiger partial charge in [-0.2, -0.15) is 0 Å². The van der Waals surface area contributed by atoms with Crippen molar-refractivity contribution >= 4 is 0 Å². The van der Waals surface area contributed by atoms with Gasteiger partial charge in [-0.05, 0) is 87.9 Å². The summed E-state index contributed by atoms with van der Waals surface area (Å²) in [4.78, 5) is 0. The van der Waals surface area contributed by atoms with Gasteiger partial charge in [0, 0.05) is 27.4 Å². The molecule has 0 spiro atoms. The lowest BCUT2D eigenvalue weighted by Crippen LogP contribution is -2.21. The zero-order chi connectivity index (χ0) is 37.7. The molecule has 0 radical (unpaired) electrons. The molecule has 2 aliphatic carbocycles. The highest BCUT2D eigenvalue weighted by Gasteiger charge is 2.44. The molecule has 0 aromatic carbocycles. The molecule has 0 bridgehead atoms. The SMILES string of the molecule is CCCCC/C=C\C/C=C\CCCCCCCCOCC(O)COC.CCCCCC1CC1CC1CC1CCCCCCCCOCC(O)COC. The summed E-state index contributed by atoms with van der Waals surface area (Å²) in [5.74, 6) is 4.44. The van der Waals surface area contributed by atoms with E-state index in [0.717, 1.165) is 56.1 Å². The molecule has 2 N–H and O–H groups in total. The lowest BCUT2D eigenvalue weighted by atomic mass is 10.0. The maximum absolute atomic E-state index is 9.48. The Morgan fingerprint density at radius 1 is 0.481 bits per heavy atom. The third-order valence-corrected chi connectivity index (χ3v) is 10.9. The molecule has 2 saturated carbocycles. The van der Waals surface area contributed by atoms with Crippen LogP contribution in [0.25, 0.3) is 0 Å². The summed E-state index contributed by atoms with van der Waals surface area (Å²) in [5, 5.41) is 18.9. The average Bonchev–Trinajstić information content (AvgIpc) is 4.07. The Kier molecular flexibility index (Phi) is 35.2. The fourth-order valence-corrected chi connectivity index (χ4v) is 7.38. The first-order valence-corrected chi connectivity index (χ1v) is 22.3. The number of hydrogen-bond acceptors (Lipinski definition) is 6. The molecule has 0 amide bonds. The molecule has 0 aliphatic heterocycles. The van der Waals surface area contributed by atoms with Crippen LogP contribution in [0.5, 0.6) is 0 Å². The van der Waals surface area contributed by atoms with E-state index in [0.29, 0.717) is 26.4 Å². The third kappa shape index (κ3) is 32.7. The Balaban J connectivity index is 0.000000522. The summed E-state index contributed by atoms with van der Waals surface area (Å²) in [7, 11) is 3.19. The Labute approximate surface area is 323 Å². The average molecular weight is 737 g/mol. The van der Waals surface area contributed by atoms with E-state index in [1.165, 1.54) is 128 Å². The number of rotatable bonds is 38. The lowest BCUT2D eigenvalue weighted by molar-refractivity contribution is -0.00685. The predicted octanol–water partition coefficient (Wildman–Crippen LogP) is 11.8. The van der Waals surface area contributed by atoms with Gasteiger partial charge in [0.05, 0.1) is 26.4 Å². The van der Waals surface area contributed by atoms with Gasteiger partial charge in [-0.25, -0.2) is 0 Å². The van der Waals surface area contributed by atoms with Gasteiger partial charge >= 0.3 is 0 Å². The zero-order valence-corrected chi connectivity index (χ0v) is 34.9. The van der Waals surface area contributed by atoms with Crippen LogP contribution in [0.2, 0.25) is 0 Å². The number of allylic oxidation sites excluding steroid dienone is 4. The molecule has 2 rings (SSSR count). The van der Waals surface area contributed by atoms with Crippen molar-refractivity contribution in [2.75, 3.05) is 53.9 Å². The predicted molar refractivity (Wildman–Crippen MR) is 221 cm³/mol. The fraction of sp³-hybridized carbons (Fsp3) is 0.913. The normalized spacial score (nSPS) is 20.7. The van der Waals surface area contributed by atoms with Gasteiger partial charge in [-0.3, -0.25) is 0 Å². The first kappa shape index (κ1) is 49.3. The monoisotopic (exact) mass is 737 g/mol. The van der Waals surface area contributed by atoms with Crippen LogP contribution in [-0.4, -0.2) is 76.3 Å². The third-order valence-electron chi connectivity index (χ3n) is 10.9. The maximum atomic E-state index is 9.48. The number of aliphatic hydroxyl groups is 2. The number of methoxy groups -OCH3 is 2. The number of ether oxygens (including phenoxy) is 4. The minimum absolute atomic E-state index is 0.351. The second kappa shape index (κ2) is 37.2. The van der Waals surface area contributed by atoms with Crippen molar-refractivity contribution in [2.45, 2.75) is 193 Å². The van der Waals surface area contributed by atoms with Crippen molar-refractivity contribution in [2.24, 2.45) is 23.7 Å². The molecular weight excluding hydrogens is 649 g/mol. The van der Waals surface area contributed by atoms with E-state index in [1.54, 1.807) is 33.5 Å². The summed E-state index contributed by atoms with van der Waals surface area (Å²) in [6, 6.07) is 0. The molecule has 0 saturated heterocycles. The molecule has 0 aromatic heterocycles. The van der Waals surface area contributed by atoms with Crippen LogP contribution >= 0.6 is 0 Å². The molecule has 2 aliphatic rings. The zero-order valence-electron chi connectivity index (χ0n) is 34.9. The van der Waals surface area contributed by atoms with Crippen molar-refractivity contribution < 1.29 is 29.2 Å². The second-order valence-corrected chi connectivity index (χ2v) is 16.1. The summed E-state index contributed by atoms with van der Waals surface area (Å²) in [5.41, 5.74) is 0. The number of unbranched alkanes of at least 4 members (excludes halogenated alkanes) is 16. The van der Waals surface area contributed by atoms with Crippen LogP contribution in [0, 0.1) is 23.7 Å². The van der Waals surface area contributed by atoms with Gasteiger partial charge in [-0.1, -0.05) is 141 Å².